The molecule has 1 heterocycles. The Hall–Kier alpha value is -0.900. The van der Waals surface area contributed by atoms with E-state index in [0.29, 0.717) is 5.92 Å². The van der Waals surface area contributed by atoms with Crippen LogP contribution in [0.4, 0.5) is 0 Å². The first kappa shape index (κ1) is 9.65. The monoisotopic (exact) mass is 194 g/mol. The van der Waals surface area contributed by atoms with E-state index >= 15 is 0 Å². The third kappa shape index (κ3) is 1.66. The third-order valence-corrected chi connectivity index (χ3v) is 3.20. The van der Waals surface area contributed by atoms with Crippen LogP contribution < -0.4 is 5.32 Å². The lowest BCUT2D eigenvalue weighted by Gasteiger charge is -2.36. The second-order valence-electron chi connectivity index (χ2n) is 4.03. The molecule has 4 heteroatoms. The van der Waals surface area contributed by atoms with E-state index in [2.05, 4.69) is 22.6 Å². The van der Waals surface area contributed by atoms with Crippen molar-refractivity contribution in [2.24, 2.45) is 13.0 Å². The van der Waals surface area contributed by atoms with Gasteiger partial charge in [0.05, 0.1) is 11.9 Å². The largest absolute Gasteiger partial charge is 0.317 e. The SMILES string of the molecule is CCNCC1CCC1c1cnnn1C. The van der Waals surface area contributed by atoms with Crippen molar-refractivity contribution in [2.75, 3.05) is 13.1 Å². The number of aromatic nitrogens is 3. The molecule has 0 spiro atoms. The highest BCUT2D eigenvalue weighted by Crippen LogP contribution is 2.41. The molecule has 2 atom stereocenters. The van der Waals surface area contributed by atoms with Gasteiger partial charge in [-0.25, -0.2) is 0 Å². The molecule has 1 aliphatic carbocycles. The van der Waals surface area contributed by atoms with E-state index in [1.165, 1.54) is 18.5 Å². The number of rotatable bonds is 4. The van der Waals surface area contributed by atoms with Gasteiger partial charge in [0.25, 0.3) is 0 Å². The first-order valence-corrected chi connectivity index (χ1v) is 5.38. The molecule has 2 rings (SSSR count). The average molecular weight is 194 g/mol. The molecule has 1 aromatic rings. The molecule has 2 unspecified atom stereocenters. The lowest BCUT2D eigenvalue weighted by atomic mass is 9.72. The second-order valence-corrected chi connectivity index (χ2v) is 4.03. The van der Waals surface area contributed by atoms with Gasteiger partial charge in [0.1, 0.15) is 0 Å². The Labute approximate surface area is 84.7 Å². The van der Waals surface area contributed by atoms with Crippen LogP contribution in [0.5, 0.6) is 0 Å². The zero-order valence-corrected chi connectivity index (χ0v) is 8.90. The van der Waals surface area contributed by atoms with E-state index in [1.807, 2.05) is 17.9 Å². The summed E-state index contributed by atoms with van der Waals surface area (Å²) >= 11 is 0. The highest BCUT2D eigenvalue weighted by Gasteiger charge is 2.33. The maximum Gasteiger partial charge on any atom is 0.0728 e. The predicted molar refractivity (Wildman–Crippen MR) is 55.0 cm³/mol. The lowest BCUT2D eigenvalue weighted by molar-refractivity contribution is 0.237. The number of hydrogen-bond donors (Lipinski definition) is 1. The van der Waals surface area contributed by atoms with Gasteiger partial charge in [-0.15, -0.1) is 5.10 Å². The first-order chi connectivity index (χ1) is 6.83. The number of hydrogen-bond acceptors (Lipinski definition) is 3. The quantitative estimate of drug-likeness (QED) is 0.775. The van der Waals surface area contributed by atoms with Crippen LogP contribution in [0.15, 0.2) is 6.20 Å². The second kappa shape index (κ2) is 4.09. The summed E-state index contributed by atoms with van der Waals surface area (Å²) in [5.41, 5.74) is 1.29. The van der Waals surface area contributed by atoms with Gasteiger partial charge in [0.2, 0.25) is 0 Å². The summed E-state index contributed by atoms with van der Waals surface area (Å²) in [4.78, 5) is 0. The Morgan fingerprint density at radius 1 is 1.57 bits per heavy atom. The fraction of sp³-hybridized carbons (Fsp3) is 0.800. The van der Waals surface area contributed by atoms with Crippen molar-refractivity contribution in [1.29, 1.82) is 0 Å². The Balaban J connectivity index is 1.96. The van der Waals surface area contributed by atoms with Crippen molar-refractivity contribution >= 4 is 0 Å². The molecule has 1 N–H and O–H groups in total. The fourth-order valence-corrected chi connectivity index (χ4v) is 2.17. The van der Waals surface area contributed by atoms with E-state index in [0.717, 1.165) is 19.0 Å². The topological polar surface area (TPSA) is 42.7 Å². The zero-order valence-electron chi connectivity index (χ0n) is 8.90. The summed E-state index contributed by atoms with van der Waals surface area (Å²) in [6.07, 6.45) is 4.53. The van der Waals surface area contributed by atoms with E-state index < -0.39 is 0 Å². The molecule has 14 heavy (non-hydrogen) atoms. The van der Waals surface area contributed by atoms with E-state index in [1.54, 1.807) is 0 Å². The van der Waals surface area contributed by atoms with Gasteiger partial charge in [0, 0.05) is 13.0 Å². The molecule has 0 aliphatic heterocycles. The summed E-state index contributed by atoms with van der Waals surface area (Å²) in [5.74, 6) is 1.46. The molecule has 0 bridgehead atoms. The van der Waals surface area contributed by atoms with Gasteiger partial charge in [0.15, 0.2) is 0 Å². The molecule has 78 valence electrons. The van der Waals surface area contributed by atoms with Crippen molar-refractivity contribution in [2.45, 2.75) is 25.7 Å². The Bertz CT molecular complexity index is 294. The summed E-state index contributed by atoms with van der Waals surface area (Å²) in [6.45, 7) is 4.35. The Morgan fingerprint density at radius 2 is 2.43 bits per heavy atom. The van der Waals surface area contributed by atoms with E-state index in [-0.39, 0.29) is 0 Å². The average Bonchev–Trinajstić information content (AvgIpc) is 2.51. The summed E-state index contributed by atoms with van der Waals surface area (Å²) in [6, 6.07) is 0. The molecule has 1 saturated carbocycles. The van der Waals surface area contributed by atoms with Crippen molar-refractivity contribution < 1.29 is 0 Å². The van der Waals surface area contributed by atoms with E-state index in [9.17, 15) is 0 Å². The minimum atomic E-state index is 0.675. The van der Waals surface area contributed by atoms with Crippen LogP contribution >= 0.6 is 0 Å². The minimum absolute atomic E-state index is 0.675. The normalized spacial score (nSPS) is 26.1. The predicted octanol–water partition coefficient (Wildman–Crippen LogP) is 0.918. The molecule has 1 fully saturated rings. The maximum atomic E-state index is 3.98. The molecule has 0 aromatic carbocycles. The van der Waals surface area contributed by atoms with Gasteiger partial charge in [-0.05, 0) is 31.8 Å². The molecule has 1 aliphatic rings. The minimum Gasteiger partial charge on any atom is -0.317 e. The van der Waals surface area contributed by atoms with Gasteiger partial charge < -0.3 is 5.32 Å². The summed E-state index contributed by atoms with van der Waals surface area (Å²) < 4.78 is 1.91. The molecule has 4 nitrogen and oxygen atoms in total. The molecular formula is C10H18N4. The van der Waals surface area contributed by atoms with Crippen LogP contribution in [0.1, 0.15) is 31.4 Å². The standard InChI is InChI=1S/C10H18N4/c1-3-11-6-8-4-5-9(8)10-7-12-13-14(10)2/h7-9,11H,3-6H2,1-2H3. The highest BCUT2D eigenvalue weighted by atomic mass is 15.4. The Morgan fingerprint density at radius 3 is 2.93 bits per heavy atom. The van der Waals surface area contributed by atoms with Crippen LogP contribution in [0.2, 0.25) is 0 Å². The van der Waals surface area contributed by atoms with Crippen molar-refractivity contribution in [3.05, 3.63) is 11.9 Å². The van der Waals surface area contributed by atoms with Crippen molar-refractivity contribution in [3.63, 3.8) is 0 Å². The van der Waals surface area contributed by atoms with Crippen LogP contribution in [0.3, 0.4) is 0 Å². The third-order valence-electron chi connectivity index (χ3n) is 3.20. The van der Waals surface area contributed by atoms with Gasteiger partial charge in [-0.3, -0.25) is 4.68 Å². The molecule has 0 radical (unpaired) electrons. The molecule has 0 amide bonds. The van der Waals surface area contributed by atoms with Gasteiger partial charge in [-0.2, -0.15) is 0 Å². The van der Waals surface area contributed by atoms with E-state index in [4.69, 9.17) is 0 Å². The fourth-order valence-electron chi connectivity index (χ4n) is 2.17. The summed E-state index contributed by atoms with van der Waals surface area (Å²) in [7, 11) is 1.98. The van der Waals surface area contributed by atoms with Crippen molar-refractivity contribution in [3.8, 4) is 0 Å². The van der Waals surface area contributed by atoms with Gasteiger partial charge >= 0.3 is 0 Å². The molecule has 1 aromatic heterocycles. The number of aryl methyl sites for hydroxylation is 1. The van der Waals surface area contributed by atoms with Crippen LogP contribution in [-0.2, 0) is 7.05 Å². The first-order valence-electron chi connectivity index (χ1n) is 5.38. The summed E-state index contributed by atoms with van der Waals surface area (Å²) in [5, 5.41) is 11.3. The van der Waals surface area contributed by atoms with Crippen LogP contribution in [0, 0.1) is 5.92 Å². The highest BCUT2D eigenvalue weighted by molar-refractivity contribution is 5.10. The lowest BCUT2D eigenvalue weighted by Crippen LogP contribution is -2.34. The molecular weight excluding hydrogens is 176 g/mol. The Kier molecular flexibility index (Phi) is 2.82. The smallest absolute Gasteiger partial charge is 0.0728 e. The maximum absolute atomic E-state index is 3.98. The number of nitrogens with zero attached hydrogens (tertiary/aromatic N) is 3. The van der Waals surface area contributed by atoms with Gasteiger partial charge in [-0.1, -0.05) is 12.1 Å². The van der Waals surface area contributed by atoms with Crippen LogP contribution in [0.25, 0.3) is 0 Å². The number of nitrogens with one attached hydrogen (secondary N) is 1. The zero-order chi connectivity index (χ0) is 9.97. The van der Waals surface area contributed by atoms with Crippen LogP contribution in [-0.4, -0.2) is 28.1 Å². The van der Waals surface area contributed by atoms with Crippen molar-refractivity contribution in [1.82, 2.24) is 20.3 Å². The molecule has 0 saturated heterocycles.